The topological polar surface area (TPSA) is 109 Å². The molecule has 0 saturated heterocycles. The highest BCUT2D eigenvalue weighted by Crippen LogP contribution is 2.28. The first kappa shape index (κ1) is 14.4. The van der Waals surface area contributed by atoms with Gasteiger partial charge >= 0.3 is 11.7 Å². The third kappa shape index (κ3) is 3.16. The van der Waals surface area contributed by atoms with Crippen molar-refractivity contribution in [1.29, 1.82) is 5.26 Å². The van der Waals surface area contributed by atoms with E-state index in [1.807, 2.05) is 0 Å². The maximum absolute atomic E-state index is 11.3. The van der Waals surface area contributed by atoms with E-state index in [0.717, 1.165) is 0 Å². The number of nitro groups is 1. The number of esters is 1. The zero-order valence-corrected chi connectivity index (χ0v) is 10.5. The number of methoxy groups -OCH3 is 1. The van der Waals surface area contributed by atoms with Gasteiger partial charge in [0.25, 0.3) is 0 Å². The second kappa shape index (κ2) is 6.30. The van der Waals surface area contributed by atoms with E-state index in [4.69, 9.17) is 5.26 Å². The first-order chi connectivity index (χ1) is 9.04. The summed E-state index contributed by atoms with van der Waals surface area (Å²) in [6.45, 7) is 1.86. The molecular weight excluding hydrogens is 252 g/mol. The van der Waals surface area contributed by atoms with E-state index in [2.05, 4.69) is 9.72 Å². The number of ether oxygens (including phenoxy) is 1. The zero-order chi connectivity index (χ0) is 14.4. The molecule has 0 aliphatic heterocycles. The highest BCUT2D eigenvalue weighted by atomic mass is 16.6. The van der Waals surface area contributed by atoms with Crippen molar-refractivity contribution < 1.29 is 14.5 Å². The summed E-state index contributed by atoms with van der Waals surface area (Å²) in [5.74, 6) is -0.558. The molecule has 0 saturated carbocycles. The van der Waals surface area contributed by atoms with E-state index in [1.54, 1.807) is 13.0 Å². The van der Waals surface area contributed by atoms with Crippen molar-refractivity contribution in [2.24, 2.45) is 0 Å². The molecule has 0 bridgehead atoms. The van der Waals surface area contributed by atoms with E-state index in [-0.39, 0.29) is 17.9 Å². The normalized spacial score (nSPS) is 9.53. The third-order valence-corrected chi connectivity index (χ3v) is 2.44. The second-order valence-corrected chi connectivity index (χ2v) is 3.49. The van der Waals surface area contributed by atoms with Gasteiger partial charge in [-0.2, -0.15) is 5.26 Å². The highest BCUT2D eigenvalue weighted by molar-refractivity contribution is 5.77. The van der Waals surface area contributed by atoms with Gasteiger partial charge < -0.3 is 9.64 Å². The van der Waals surface area contributed by atoms with E-state index in [1.165, 1.54) is 24.3 Å². The first-order valence-corrected chi connectivity index (χ1v) is 5.40. The molecule has 19 heavy (non-hydrogen) atoms. The smallest absolute Gasteiger partial charge is 0.329 e. The summed E-state index contributed by atoms with van der Waals surface area (Å²) in [4.78, 5) is 26.9. The van der Waals surface area contributed by atoms with Crippen molar-refractivity contribution in [3.63, 3.8) is 0 Å². The molecule has 1 aromatic rings. The molecule has 0 radical (unpaired) electrons. The average Bonchev–Trinajstić information content (AvgIpc) is 2.43. The summed E-state index contributed by atoms with van der Waals surface area (Å²) < 4.78 is 4.52. The van der Waals surface area contributed by atoms with E-state index >= 15 is 0 Å². The number of pyridine rings is 1. The number of rotatable bonds is 5. The van der Waals surface area contributed by atoms with Crippen LogP contribution in [0.15, 0.2) is 12.3 Å². The van der Waals surface area contributed by atoms with Crippen LogP contribution in [0.25, 0.3) is 0 Å². The Labute approximate surface area is 109 Å². The van der Waals surface area contributed by atoms with Crippen molar-refractivity contribution in [1.82, 2.24) is 4.98 Å². The lowest BCUT2D eigenvalue weighted by molar-refractivity contribution is -0.384. The molecule has 1 rings (SSSR count). The summed E-state index contributed by atoms with van der Waals surface area (Å²) in [7, 11) is 1.23. The van der Waals surface area contributed by atoms with Crippen LogP contribution in [-0.2, 0) is 9.53 Å². The Morgan fingerprint density at radius 3 is 2.84 bits per heavy atom. The van der Waals surface area contributed by atoms with Gasteiger partial charge in [0.1, 0.15) is 18.2 Å². The van der Waals surface area contributed by atoms with Gasteiger partial charge in [-0.25, -0.2) is 4.98 Å². The Balaban J connectivity index is 3.28. The van der Waals surface area contributed by atoms with Gasteiger partial charge in [0, 0.05) is 12.7 Å². The van der Waals surface area contributed by atoms with E-state index in [9.17, 15) is 14.9 Å². The number of likely N-dealkylation sites (N-methyl/N-ethyl adjacent to an activating group) is 1. The summed E-state index contributed by atoms with van der Waals surface area (Å²) in [6, 6.07) is 3.00. The van der Waals surface area contributed by atoms with Crippen LogP contribution in [0.1, 0.15) is 12.5 Å². The van der Waals surface area contributed by atoms with Crippen molar-refractivity contribution >= 4 is 17.5 Å². The molecule has 0 amide bonds. The minimum atomic E-state index is -0.680. The summed E-state index contributed by atoms with van der Waals surface area (Å²) in [5, 5.41) is 19.9. The molecule has 0 aliphatic rings. The Hall–Kier alpha value is -2.69. The first-order valence-electron chi connectivity index (χ1n) is 5.40. The van der Waals surface area contributed by atoms with E-state index in [0.29, 0.717) is 6.54 Å². The lowest BCUT2D eigenvalue weighted by Gasteiger charge is -2.20. The standard InChI is InChI=1S/C11H12N4O4/c1-3-14(7-9(16)19-2)11-10(15(17)18)8(6-12)4-5-13-11/h4-5H,3,7H2,1-2H3. The van der Waals surface area contributed by atoms with Crippen LogP contribution in [0.5, 0.6) is 0 Å². The molecule has 0 N–H and O–H groups in total. The van der Waals surface area contributed by atoms with Gasteiger partial charge in [-0.1, -0.05) is 0 Å². The Kier molecular flexibility index (Phi) is 4.76. The monoisotopic (exact) mass is 264 g/mol. The molecular formula is C11H12N4O4. The quantitative estimate of drug-likeness (QED) is 0.440. The number of aromatic nitrogens is 1. The molecule has 0 unspecified atom stereocenters. The van der Waals surface area contributed by atoms with Crippen LogP contribution in [0.4, 0.5) is 11.5 Å². The van der Waals surface area contributed by atoms with Crippen molar-refractivity contribution in [2.45, 2.75) is 6.92 Å². The fourth-order valence-corrected chi connectivity index (χ4v) is 1.50. The van der Waals surface area contributed by atoms with Crippen molar-refractivity contribution in [2.75, 3.05) is 25.1 Å². The summed E-state index contributed by atoms with van der Waals surface area (Å²) in [6.07, 6.45) is 1.29. The van der Waals surface area contributed by atoms with Crippen molar-refractivity contribution in [3.05, 3.63) is 27.9 Å². The van der Waals surface area contributed by atoms with Gasteiger partial charge in [-0.05, 0) is 13.0 Å². The van der Waals surface area contributed by atoms with Crippen LogP contribution >= 0.6 is 0 Å². The van der Waals surface area contributed by atoms with Gasteiger partial charge in [0.15, 0.2) is 0 Å². The van der Waals surface area contributed by atoms with Crippen LogP contribution in [0.2, 0.25) is 0 Å². The van der Waals surface area contributed by atoms with Crippen LogP contribution in [0.3, 0.4) is 0 Å². The molecule has 100 valence electrons. The molecule has 0 fully saturated rings. The Morgan fingerprint density at radius 2 is 2.37 bits per heavy atom. The predicted octanol–water partition coefficient (Wildman–Crippen LogP) is 0.861. The minimum absolute atomic E-state index is 0.0167. The predicted molar refractivity (Wildman–Crippen MR) is 65.5 cm³/mol. The highest BCUT2D eigenvalue weighted by Gasteiger charge is 2.26. The number of carbonyl (C=O) groups is 1. The number of anilines is 1. The maximum atomic E-state index is 11.3. The third-order valence-electron chi connectivity index (χ3n) is 2.44. The number of nitrogens with zero attached hydrogens (tertiary/aromatic N) is 4. The Bertz CT molecular complexity index is 538. The van der Waals surface area contributed by atoms with Gasteiger partial charge in [-0.15, -0.1) is 0 Å². The maximum Gasteiger partial charge on any atom is 0.329 e. The molecule has 0 aromatic carbocycles. The largest absolute Gasteiger partial charge is 0.468 e. The van der Waals surface area contributed by atoms with Gasteiger partial charge in [-0.3, -0.25) is 14.9 Å². The molecule has 0 aliphatic carbocycles. The molecule has 8 nitrogen and oxygen atoms in total. The number of hydrogen-bond donors (Lipinski definition) is 0. The fraction of sp³-hybridized carbons (Fsp3) is 0.364. The molecule has 1 heterocycles. The lowest BCUT2D eigenvalue weighted by Crippen LogP contribution is -2.31. The van der Waals surface area contributed by atoms with Crippen LogP contribution in [-0.4, -0.2) is 36.1 Å². The summed E-state index contributed by atoms with van der Waals surface area (Å²) >= 11 is 0. The van der Waals surface area contributed by atoms with Gasteiger partial charge in [0.05, 0.1) is 12.0 Å². The van der Waals surface area contributed by atoms with Crippen molar-refractivity contribution in [3.8, 4) is 6.07 Å². The number of carbonyl (C=O) groups excluding carboxylic acids is 1. The number of nitriles is 1. The Morgan fingerprint density at radius 1 is 1.68 bits per heavy atom. The molecule has 0 spiro atoms. The fourth-order valence-electron chi connectivity index (χ4n) is 1.50. The summed E-state index contributed by atoms with van der Waals surface area (Å²) in [5.41, 5.74) is -0.505. The molecule has 8 heteroatoms. The van der Waals surface area contributed by atoms with Crippen LogP contribution < -0.4 is 4.90 Å². The average molecular weight is 264 g/mol. The minimum Gasteiger partial charge on any atom is -0.468 e. The van der Waals surface area contributed by atoms with Gasteiger partial charge in [0.2, 0.25) is 5.82 Å². The SMILES string of the molecule is CCN(CC(=O)OC)c1nccc(C#N)c1[N+](=O)[O-]. The van der Waals surface area contributed by atoms with Crippen LogP contribution in [0, 0.1) is 21.4 Å². The molecule has 1 aromatic heterocycles. The zero-order valence-electron chi connectivity index (χ0n) is 10.5. The molecule has 0 atom stereocenters. The van der Waals surface area contributed by atoms with E-state index < -0.39 is 16.6 Å². The lowest BCUT2D eigenvalue weighted by atomic mass is 10.2. The second-order valence-electron chi connectivity index (χ2n) is 3.49. The number of hydrogen-bond acceptors (Lipinski definition) is 7.